The Labute approximate surface area is 90.9 Å². The summed E-state index contributed by atoms with van der Waals surface area (Å²) in [7, 11) is 0. The monoisotopic (exact) mass is 209 g/mol. The Kier molecular flexibility index (Phi) is 3.56. The molecule has 0 saturated carbocycles. The van der Waals surface area contributed by atoms with Crippen LogP contribution >= 0.6 is 0 Å². The molecule has 0 aliphatic rings. The fraction of sp³-hybridized carbons (Fsp3) is 0.583. The molecule has 15 heavy (non-hydrogen) atoms. The molecule has 3 nitrogen and oxygen atoms in total. The van der Waals surface area contributed by atoms with E-state index >= 15 is 0 Å². The zero-order valence-electron chi connectivity index (χ0n) is 10.0. The first-order valence-corrected chi connectivity index (χ1v) is 5.29. The minimum absolute atomic E-state index is 0.0504. The minimum atomic E-state index is -0.0504. The topological polar surface area (TPSA) is 42.2 Å². The number of furan rings is 1. The van der Waals surface area contributed by atoms with Crippen LogP contribution in [0.4, 0.5) is 0 Å². The first kappa shape index (κ1) is 11.8. The number of amides is 1. The second-order valence-electron chi connectivity index (χ2n) is 4.33. The molecule has 0 radical (unpaired) electrons. The van der Waals surface area contributed by atoms with E-state index in [4.69, 9.17) is 4.42 Å². The predicted octanol–water partition coefficient (Wildman–Crippen LogP) is 2.67. The minimum Gasteiger partial charge on any atom is -0.466 e. The van der Waals surface area contributed by atoms with Crippen molar-refractivity contribution in [2.75, 3.05) is 0 Å². The van der Waals surface area contributed by atoms with Gasteiger partial charge >= 0.3 is 0 Å². The Bertz CT molecular complexity index is 353. The standard InChI is InChI=1S/C12H19NO2/c1-7(2)9(4)13-12(14)11-6-8(3)15-10(11)5/h6-7,9H,1-5H3,(H,13,14). The van der Waals surface area contributed by atoms with E-state index in [2.05, 4.69) is 19.2 Å². The quantitative estimate of drug-likeness (QED) is 0.831. The van der Waals surface area contributed by atoms with Crippen LogP contribution in [-0.4, -0.2) is 11.9 Å². The lowest BCUT2D eigenvalue weighted by atomic mass is 10.1. The van der Waals surface area contributed by atoms with Gasteiger partial charge in [-0.05, 0) is 32.8 Å². The van der Waals surface area contributed by atoms with Crippen molar-refractivity contribution in [2.24, 2.45) is 5.92 Å². The van der Waals surface area contributed by atoms with E-state index < -0.39 is 0 Å². The van der Waals surface area contributed by atoms with E-state index in [-0.39, 0.29) is 11.9 Å². The van der Waals surface area contributed by atoms with Crippen LogP contribution in [0.3, 0.4) is 0 Å². The predicted molar refractivity (Wildman–Crippen MR) is 59.9 cm³/mol. The molecule has 0 bridgehead atoms. The van der Waals surface area contributed by atoms with Crippen molar-refractivity contribution in [3.8, 4) is 0 Å². The molecule has 1 amide bonds. The van der Waals surface area contributed by atoms with E-state index in [1.807, 2.05) is 20.8 Å². The van der Waals surface area contributed by atoms with Crippen LogP contribution in [0.2, 0.25) is 0 Å². The van der Waals surface area contributed by atoms with Crippen LogP contribution in [0.15, 0.2) is 10.5 Å². The molecule has 0 saturated heterocycles. The van der Waals surface area contributed by atoms with Crippen molar-refractivity contribution < 1.29 is 9.21 Å². The first-order valence-electron chi connectivity index (χ1n) is 5.29. The van der Waals surface area contributed by atoms with Gasteiger partial charge in [0.05, 0.1) is 5.56 Å². The fourth-order valence-corrected chi connectivity index (χ4v) is 1.31. The molecule has 0 aromatic carbocycles. The van der Waals surface area contributed by atoms with Gasteiger partial charge in [0, 0.05) is 6.04 Å². The van der Waals surface area contributed by atoms with Crippen LogP contribution in [0.25, 0.3) is 0 Å². The number of nitrogens with one attached hydrogen (secondary N) is 1. The van der Waals surface area contributed by atoms with Crippen molar-refractivity contribution in [1.29, 1.82) is 0 Å². The molecule has 1 atom stereocenters. The van der Waals surface area contributed by atoms with Crippen LogP contribution in [0, 0.1) is 19.8 Å². The summed E-state index contributed by atoms with van der Waals surface area (Å²) in [6.07, 6.45) is 0. The van der Waals surface area contributed by atoms with E-state index in [0.717, 1.165) is 5.76 Å². The van der Waals surface area contributed by atoms with Crippen molar-refractivity contribution in [3.05, 3.63) is 23.2 Å². The first-order chi connectivity index (χ1) is 6.91. The number of rotatable bonds is 3. The van der Waals surface area contributed by atoms with Gasteiger partial charge in [0.15, 0.2) is 0 Å². The maximum atomic E-state index is 11.8. The third-order valence-electron chi connectivity index (χ3n) is 2.64. The zero-order chi connectivity index (χ0) is 11.6. The van der Waals surface area contributed by atoms with Gasteiger partial charge in [-0.3, -0.25) is 4.79 Å². The number of carbonyl (C=O) groups is 1. The van der Waals surface area contributed by atoms with Crippen molar-refractivity contribution in [3.63, 3.8) is 0 Å². The SMILES string of the molecule is Cc1cc(C(=O)NC(C)C(C)C)c(C)o1. The van der Waals surface area contributed by atoms with Crippen molar-refractivity contribution in [1.82, 2.24) is 5.32 Å². The van der Waals surface area contributed by atoms with E-state index in [0.29, 0.717) is 17.2 Å². The molecule has 3 heteroatoms. The highest BCUT2D eigenvalue weighted by atomic mass is 16.3. The maximum Gasteiger partial charge on any atom is 0.255 e. The largest absolute Gasteiger partial charge is 0.466 e. The van der Waals surface area contributed by atoms with Gasteiger partial charge in [0.1, 0.15) is 11.5 Å². The molecule has 1 aromatic heterocycles. The van der Waals surface area contributed by atoms with Gasteiger partial charge in [-0.15, -0.1) is 0 Å². The summed E-state index contributed by atoms with van der Waals surface area (Å²) in [5.74, 6) is 1.84. The molecule has 0 aliphatic heterocycles. The Morgan fingerprint density at radius 1 is 1.33 bits per heavy atom. The fourth-order valence-electron chi connectivity index (χ4n) is 1.31. The normalized spacial score (nSPS) is 12.9. The van der Waals surface area contributed by atoms with Crippen molar-refractivity contribution in [2.45, 2.75) is 40.7 Å². The summed E-state index contributed by atoms with van der Waals surface area (Å²) in [4.78, 5) is 11.8. The second kappa shape index (κ2) is 4.51. The Morgan fingerprint density at radius 2 is 1.93 bits per heavy atom. The summed E-state index contributed by atoms with van der Waals surface area (Å²) in [6, 6.07) is 1.95. The highest BCUT2D eigenvalue weighted by Gasteiger charge is 2.16. The molecule has 1 aromatic rings. The molecule has 0 aliphatic carbocycles. The second-order valence-corrected chi connectivity index (χ2v) is 4.33. The molecule has 0 fully saturated rings. The summed E-state index contributed by atoms with van der Waals surface area (Å²) >= 11 is 0. The Balaban J connectivity index is 2.73. The zero-order valence-corrected chi connectivity index (χ0v) is 10.0. The highest BCUT2D eigenvalue weighted by Crippen LogP contribution is 2.14. The van der Waals surface area contributed by atoms with Gasteiger partial charge in [0.2, 0.25) is 0 Å². The van der Waals surface area contributed by atoms with Gasteiger partial charge in [-0.1, -0.05) is 13.8 Å². The Hall–Kier alpha value is -1.25. The molecule has 84 valence electrons. The number of aryl methyl sites for hydroxylation is 2. The highest BCUT2D eigenvalue weighted by molar-refractivity contribution is 5.95. The molecule has 0 spiro atoms. The van der Waals surface area contributed by atoms with Crippen molar-refractivity contribution >= 4 is 5.91 Å². The van der Waals surface area contributed by atoms with Crippen LogP contribution < -0.4 is 5.32 Å². The van der Waals surface area contributed by atoms with E-state index in [1.165, 1.54) is 0 Å². The summed E-state index contributed by atoms with van der Waals surface area (Å²) in [6.45, 7) is 9.82. The third-order valence-corrected chi connectivity index (χ3v) is 2.64. The molecule has 1 heterocycles. The lowest BCUT2D eigenvalue weighted by Gasteiger charge is -2.16. The lowest BCUT2D eigenvalue weighted by Crippen LogP contribution is -2.36. The number of hydrogen-bond acceptors (Lipinski definition) is 2. The average Bonchev–Trinajstić information content (AvgIpc) is 2.44. The number of carbonyl (C=O) groups excluding carboxylic acids is 1. The van der Waals surface area contributed by atoms with Gasteiger partial charge in [0.25, 0.3) is 5.91 Å². The number of hydrogen-bond donors (Lipinski definition) is 1. The van der Waals surface area contributed by atoms with Gasteiger partial charge in [-0.25, -0.2) is 0 Å². The van der Waals surface area contributed by atoms with Crippen LogP contribution in [-0.2, 0) is 0 Å². The third kappa shape index (κ3) is 2.85. The van der Waals surface area contributed by atoms with Gasteiger partial charge in [-0.2, -0.15) is 0 Å². The smallest absolute Gasteiger partial charge is 0.255 e. The molecular weight excluding hydrogens is 190 g/mol. The van der Waals surface area contributed by atoms with Gasteiger partial charge < -0.3 is 9.73 Å². The Morgan fingerprint density at radius 3 is 2.33 bits per heavy atom. The molecule has 1 unspecified atom stereocenters. The van der Waals surface area contributed by atoms with E-state index in [9.17, 15) is 4.79 Å². The molecule has 1 rings (SSSR count). The van der Waals surface area contributed by atoms with Crippen LogP contribution in [0.5, 0.6) is 0 Å². The van der Waals surface area contributed by atoms with E-state index in [1.54, 1.807) is 6.07 Å². The maximum absolute atomic E-state index is 11.8. The summed E-state index contributed by atoms with van der Waals surface area (Å²) < 4.78 is 5.32. The summed E-state index contributed by atoms with van der Waals surface area (Å²) in [5.41, 5.74) is 0.639. The molecule has 1 N–H and O–H groups in total. The molecular formula is C12H19NO2. The van der Waals surface area contributed by atoms with Crippen LogP contribution in [0.1, 0.15) is 42.6 Å². The summed E-state index contributed by atoms with van der Waals surface area (Å²) in [5, 5.41) is 2.95. The lowest BCUT2D eigenvalue weighted by molar-refractivity contribution is 0.0929. The average molecular weight is 209 g/mol.